The summed E-state index contributed by atoms with van der Waals surface area (Å²) in [4.78, 5) is 15.8. The third-order valence-corrected chi connectivity index (χ3v) is 4.48. The third kappa shape index (κ3) is 4.10. The first-order valence-electron chi connectivity index (χ1n) is 8.75. The molecule has 1 aliphatic carbocycles. The van der Waals surface area contributed by atoms with Crippen LogP contribution in [0.4, 0.5) is 8.78 Å². The number of carbonyl (C=O) groups excluding carboxylic acids is 1. The molecule has 8 heteroatoms. The molecular formula is C19H18F2N4O2. The Morgan fingerprint density at radius 1 is 1.30 bits per heavy atom. The van der Waals surface area contributed by atoms with Crippen molar-refractivity contribution in [2.45, 2.75) is 38.7 Å². The predicted octanol–water partition coefficient (Wildman–Crippen LogP) is 4.08. The lowest BCUT2D eigenvalue weighted by Gasteiger charge is -2.03. The second-order valence-corrected chi connectivity index (χ2v) is 7.01. The minimum atomic E-state index is -3.17. The van der Waals surface area contributed by atoms with Crippen LogP contribution in [0.3, 0.4) is 0 Å². The fraction of sp³-hybridized carbons (Fsp3) is 0.368. The number of benzene rings is 1. The predicted molar refractivity (Wildman–Crippen MR) is 92.3 cm³/mol. The largest absolute Gasteiger partial charge is 0.332 e. The Hall–Kier alpha value is -2.90. The topological polar surface area (TPSA) is 73.8 Å². The van der Waals surface area contributed by atoms with E-state index in [1.807, 2.05) is 12.1 Å². The second kappa shape index (κ2) is 6.68. The van der Waals surface area contributed by atoms with E-state index in [0.29, 0.717) is 36.9 Å². The maximum Gasteiger partial charge on any atom is 0.322 e. The normalized spacial score (nSPS) is 14.5. The van der Waals surface area contributed by atoms with E-state index in [0.717, 1.165) is 18.4 Å². The van der Waals surface area contributed by atoms with Gasteiger partial charge in [0.15, 0.2) is 5.78 Å². The summed E-state index contributed by atoms with van der Waals surface area (Å²) in [5.74, 6) is -3.07. The van der Waals surface area contributed by atoms with Crippen molar-refractivity contribution >= 4 is 5.78 Å². The van der Waals surface area contributed by atoms with Crippen molar-refractivity contribution in [3.8, 4) is 11.4 Å². The van der Waals surface area contributed by atoms with Gasteiger partial charge in [-0.25, -0.2) is 0 Å². The van der Waals surface area contributed by atoms with Crippen molar-refractivity contribution in [1.29, 1.82) is 0 Å². The number of hydrogen-bond acceptors (Lipinski definition) is 5. The van der Waals surface area contributed by atoms with E-state index in [1.54, 1.807) is 29.2 Å². The maximum absolute atomic E-state index is 13.2. The average molecular weight is 372 g/mol. The molecule has 1 saturated carbocycles. The molecule has 1 fully saturated rings. The number of ketones is 1. The molecule has 2 aromatic heterocycles. The molecule has 0 aliphatic heterocycles. The van der Waals surface area contributed by atoms with Gasteiger partial charge >= 0.3 is 5.92 Å². The van der Waals surface area contributed by atoms with Gasteiger partial charge in [-0.3, -0.25) is 9.48 Å². The van der Waals surface area contributed by atoms with Gasteiger partial charge < -0.3 is 4.52 Å². The van der Waals surface area contributed by atoms with Gasteiger partial charge in [-0.05, 0) is 24.3 Å². The Morgan fingerprint density at radius 3 is 2.67 bits per heavy atom. The zero-order valence-electron chi connectivity index (χ0n) is 14.7. The summed E-state index contributed by atoms with van der Waals surface area (Å²) in [6.45, 7) is 1.21. The van der Waals surface area contributed by atoms with E-state index in [9.17, 15) is 13.6 Å². The zero-order chi connectivity index (χ0) is 19.0. The molecule has 140 valence electrons. The minimum absolute atomic E-state index is 0.116. The molecule has 0 atom stereocenters. The van der Waals surface area contributed by atoms with Crippen molar-refractivity contribution in [3.63, 3.8) is 0 Å². The van der Waals surface area contributed by atoms with Gasteiger partial charge in [0.05, 0.1) is 18.3 Å². The maximum atomic E-state index is 13.2. The number of halogens is 2. The Kier molecular flexibility index (Phi) is 4.33. The lowest BCUT2D eigenvalue weighted by Crippen LogP contribution is -2.07. The summed E-state index contributed by atoms with van der Waals surface area (Å²) in [7, 11) is 0. The van der Waals surface area contributed by atoms with E-state index in [2.05, 4.69) is 19.8 Å². The van der Waals surface area contributed by atoms with Crippen LogP contribution in [0.2, 0.25) is 0 Å². The lowest BCUT2D eigenvalue weighted by molar-refractivity contribution is -0.0158. The van der Waals surface area contributed by atoms with Crippen LogP contribution in [-0.2, 0) is 12.5 Å². The standard InChI is InChI=1S/C19H18F2N4O2/c1-19(20,21)18-23-17(24-27-18)14-6-4-13(5-7-14)10-25-11-15(9-22-25)16(26)8-12-2-3-12/h4-7,9,11-12H,2-3,8,10H2,1H3. The Balaban J connectivity index is 1.43. The zero-order valence-corrected chi connectivity index (χ0v) is 14.7. The van der Waals surface area contributed by atoms with Gasteiger partial charge in [0, 0.05) is 25.1 Å². The summed E-state index contributed by atoms with van der Waals surface area (Å²) >= 11 is 0. The molecule has 0 N–H and O–H groups in total. The molecule has 6 nitrogen and oxygen atoms in total. The molecule has 2 heterocycles. The van der Waals surface area contributed by atoms with Crippen LogP contribution in [0.25, 0.3) is 11.4 Å². The van der Waals surface area contributed by atoms with E-state index < -0.39 is 11.8 Å². The SMILES string of the molecule is CC(F)(F)c1nc(-c2ccc(Cn3cc(C(=O)CC4CC4)cn3)cc2)no1. The minimum Gasteiger partial charge on any atom is -0.332 e. The summed E-state index contributed by atoms with van der Waals surface area (Å²) in [5.41, 5.74) is 2.17. The van der Waals surface area contributed by atoms with Crippen LogP contribution >= 0.6 is 0 Å². The Morgan fingerprint density at radius 2 is 2.04 bits per heavy atom. The van der Waals surface area contributed by atoms with Crippen molar-refractivity contribution < 1.29 is 18.1 Å². The molecule has 0 unspecified atom stereocenters. The van der Waals surface area contributed by atoms with Crippen LogP contribution in [-0.4, -0.2) is 25.7 Å². The Bertz CT molecular complexity index is 953. The number of Topliss-reactive ketones (excluding diaryl/α,β-unsaturated/α-hetero) is 1. The monoisotopic (exact) mass is 372 g/mol. The molecule has 0 amide bonds. The van der Waals surface area contributed by atoms with Gasteiger partial charge in [0.2, 0.25) is 5.82 Å². The van der Waals surface area contributed by atoms with E-state index >= 15 is 0 Å². The van der Waals surface area contributed by atoms with Crippen LogP contribution < -0.4 is 0 Å². The number of carbonyl (C=O) groups is 1. The van der Waals surface area contributed by atoms with Gasteiger partial charge in [-0.1, -0.05) is 29.4 Å². The second-order valence-electron chi connectivity index (χ2n) is 7.01. The summed E-state index contributed by atoms with van der Waals surface area (Å²) in [6.07, 6.45) is 6.25. The molecule has 0 radical (unpaired) electrons. The van der Waals surface area contributed by atoms with Gasteiger partial charge in [-0.2, -0.15) is 18.9 Å². The van der Waals surface area contributed by atoms with E-state index in [4.69, 9.17) is 0 Å². The van der Waals surface area contributed by atoms with Crippen LogP contribution in [0.15, 0.2) is 41.2 Å². The molecular weight excluding hydrogens is 354 g/mol. The lowest BCUT2D eigenvalue weighted by atomic mass is 10.1. The quantitative estimate of drug-likeness (QED) is 0.585. The molecule has 0 spiro atoms. The number of alkyl halides is 2. The molecule has 1 aliphatic rings. The summed E-state index contributed by atoms with van der Waals surface area (Å²) in [6, 6.07) is 7.15. The molecule has 0 saturated heterocycles. The smallest absolute Gasteiger partial charge is 0.322 e. The van der Waals surface area contributed by atoms with E-state index in [1.165, 1.54) is 0 Å². The first-order chi connectivity index (χ1) is 12.9. The highest BCUT2D eigenvalue weighted by molar-refractivity contribution is 5.95. The van der Waals surface area contributed by atoms with Crippen molar-refractivity contribution in [1.82, 2.24) is 19.9 Å². The summed E-state index contributed by atoms with van der Waals surface area (Å²) < 4.78 is 32.7. The van der Waals surface area contributed by atoms with Crippen LogP contribution in [0.5, 0.6) is 0 Å². The van der Waals surface area contributed by atoms with Crippen LogP contribution in [0.1, 0.15) is 48.0 Å². The van der Waals surface area contributed by atoms with Gasteiger partial charge in [0.25, 0.3) is 5.89 Å². The van der Waals surface area contributed by atoms with Gasteiger partial charge in [-0.15, -0.1) is 0 Å². The van der Waals surface area contributed by atoms with Crippen molar-refractivity contribution in [2.24, 2.45) is 5.92 Å². The summed E-state index contributed by atoms with van der Waals surface area (Å²) in [5, 5.41) is 7.84. The number of aromatic nitrogens is 4. The average Bonchev–Trinajstić information content (AvgIpc) is 3.12. The molecule has 0 bridgehead atoms. The van der Waals surface area contributed by atoms with Gasteiger partial charge in [0.1, 0.15) is 0 Å². The molecule has 1 aromatic carbocycles. The molecule has 4 rings (SSSR count). The highest BCUT2D eigenvalue weighted by Gasteiger charge is 2.32. The highest BCUT2D eigenvalue weighted by Crippen LogP contribution is 2.33. The first-order valence-corrected chi connectivity index (χ1v) is 8.75. The molecule has 27 heavy (non-hydrogen) atoms. The highest BCUT2D eigenvalue weighted by atomic mass is 19.3. The fourth-order valence-electron chi connectivity index (χ4n) is 2.76. The number of nitrogens with zero attached hydrogens (tertiary/aromatic N) is 4. The Labute approximate surface area is 154 Å². The fourth-order valence-corrected chi connectivity index (χ4v) is 2.76. The van der Waals surface area contributed by atoms with Crippen molar-refractivity contribution in [2.75, 3.05) is 0 Å². The number of hydrogen-bond donors (Lipinski definition) is 0. The van der Waals surface area contributed by atoms with Crippen LogP contribution in [0, 0.1) is 5.92 Å². The third-order valence-electron chi connectivity index (χ3n) is 4.48. The van der Waals surface area contributed by atoms with Crippen molar-refractivity contribution in [3.05, 3.63) is 53.7 Å². The first kappa shape index (κ1) is 17.5. The number of rotatable bonds is 7. The molecule has 3 aromatic rings. The van der Waals surface area contributed by atoms with E-state index in [-0.39, 0.29) is 11.6 Å².